The van der Waals surface area contributed by atoms with Gasteiger partial charge in [-0.1, -0.05) is 30.3 Å². The molecule has 0 aliphatic carbocycles. The van der Waals surface area contributed by atoms with Crippen molar-refractivity contribution in [3.63, 3.8) is 0 Å². The summed E-state index contributed by atoms with van der Waals surface area (Å²) in [7, 11) is 0. The van der Waals surface area contributed by atoms with Crippen LogP contribution in [0.4, 0.5) is 19.0 Å². The number of halogens is 3. The molecule has 0 amide bonds. The lowest BCUT2D eigenvalue weighted by Gasteiger charge is -2.06. The van der Waals surface area contributed by atoms with Gasteiger partial charge in [0.2, 0.25) is 0 Å². The van der Waals surface area contributed by atoms with Crippen molar-refractivity contribution in [2.75, 3.05) is 11.9 Å². The summed E-state index contributed by atoms with van der Waals surface area (Å²) >= 11 is 0.632. The molecule has 114 valence electrons. The average molecular weight is 323 g/mol. The van der Waals surface area contributed by atoms with Crippen LogP contribution >= 0.6 is 11.3 Å². The molecular formula is C15H12F3N3S. The maximum absolute atomic E-state index is 12.8. The van der Waals surface area contributed by atoms with E-state index >= 15 is 0 Å². The number of nitrogens with one attached hydrogen (secondary N) is 1. The summed E-state index contributed by atoms with van der Waals surface area (Å²) in [6, 6.07) is 11.0. The third-order valence-corrected chi connectivity index (χ3v) is 4.25. The van der Waals surface area contributed by atoms with E-state index in [9.17, 15) is 13.2 Å². The minimum Gasteiger partial charge on any atom is -0.369 e. The van der Waals surface area contributed by atoms with Crippen LogP contribution in [0.2, 0.25) is 0 Å². The van der Waals surface area contributed by atoms with Crippen LogP contribution in [0.15, 0.2) is 42.7 Å². The smallest absolute Gasteiger partial charge is 0.369 e. The Morgan fingerprint density at radius 2 is 1.86 bits per heavy atom. The summed E-state index contributed by atoms with van der Waals surface area (Å²) in [6.45, 7) is 0.591. The summed E-state index contributed by atoms with van der Waals surface area (Å²) < 4.78 is 38.3. The van der Waals surface area contributed by atoms with E-state index in [1.807, 2.05) is 30.3 Å². The maximum atomic E-state index is 12.8. The van der Waals surface area contributed by atoms with Crippen molar-refractivity contribution in [1.29, 1.82) is 0 Å². The molecule has 1 N–H and O–H groups in total. The average Bonchev–Trinajstić information content (AvgIpc) is 2.93. The van der Waals surface area contributed by atoms with Gasteiger partial charge in [-0.25, -0.2) is 9.97 Å². The van der Waals surface area contributed by atoms with Crippen LogP contribution in [-0.4, -0.2) is 16.5 Å². The molecule has 0 aliphatic heterocycles. The molecule has 0 spiro atoms. The highest BCUT2D eigenvalue weighted by Gasteiger charge is 2.33. The molecule has 0 aliphatic rings. The molecule has 3 nitrogen and oxygen atoms in total. The second-order valence-electron chi connectivity index (χ2n) is 4.71. The SMILES string of the molecule is FC(F)(F)c1cc2c(NCCc3ccccc3)ncnc2s1. The summed E-state index contributed by atoms with van der Waals surface area (Å²) in [5.41, 5.74) is 1.15. The van der Waals surface area contributed by atoms with Crippen LogP contribution in [0.5, 0.6) is 0 Å². The number of aromatic nitrogens is 2. The Hall–Kier alpha value is -2.15. The first-order valence-electron chi connectivity index (χ1n) is 6.63. The molecule has 0 bridgehead atoms. The minimum absolute atomic E-state index is 0.338. The Bertz CT molecular complexity index is 769. The predicted molar refractivity (Wildman–Crippen MR) is 81.1 cm³/mol. The Kier molecular flexibility index (Phi) is 3.98. The molecule has 0 atom stereocenters. The molecule has 1 aromatic carbocycles. The van der Waals surface area contributed by atoms with Crippen LogP contribution in [0.1, 0.15) is 10.4 Å². The first-order chi connectivity index (χ1) is 10.5. The van der Waals surface area contributed by atoms with Gasteiger partial charge in [0.05, 0.1) is 5.39 Å². The van der Waals surface area contributed by atoms with Crippen molar-refractivity contribution >= 4 is 27.4 Å². The lowest BCUT2D eigenvalue weighted by atomic mass is 10.1. The minimum atomic E-state index is -4.35. The normalized spacial score (nSPS) is 11.8. The Morgan fingerprint density at radius 1 is 1.09 bits per heavy atom. The molecule has 0 saturated carbocycles. The Labute approximate surface area is 128 Å². The standard InChI is InChI=1S/C15H12F3N3S/c16-15(17,18)12-8-11-13(20-9-21-14(11)22-12)19-7-6-10-4-2-1-3-5-10/h1-5,8-9H,6-7H2,(H,19,20,21). The van der Waals surface area contributed by atoms with Gasteiger partial charge in [-0.05, 0) is 18.1 Å². The van der Waals surface area contributed by atoms with Gasteiger partial charge in [-0.15, -0.1) is 11.3 Å². The van der Waals surface area contributed by atoms with Gasteiger partial charge in [0.1, 0.15) is 21.9 Å². The van der Waals surface area contributed by atoms with Crippen LogP contribution in [0, 0.1) is 0 Å². The van der Waals surface area contributed by atoms with Crippen LogP contribution in [0.25, 0.3) is 10.2 Å². The van der Waals surface area contributed by atoms with E-state index in [1.165, 1.54) is 6.33 Å². The van der Waals surface area contributed by atoms with Crippen LogP contribution in [-0.2, 0) is 12.6 Å². The van der Waals surface area contributed by atoms with Gasteiger partial charge in [0.25, 0.3) is 0 Å². The number of alkyl halides is 3. The van der Waals surface area contributed by atoms with Gasteiger partial charge in [-0.2, -0.15) is 13.2 Å². The molecule has 3 rings (SSSR count). The van der Waals surface area contributed by atoms with Crippen molar-refractivity contribution < 1.29 is 13.2 Å². The molecule has 0 unspecified atom stereocenters. The van der Waals surface area contributed by atoms with E-state index in [4.69, 9.17) is 0 Å². The van der Waals surface area contributed by atoms with Gasteiger partial charge < -0.3 is 5.32 Å². The van der Waals surface area contributed by atoms with Gasteiger partial charge in [0, 0.05) is 6.54 Å². The first kappa shape index (κ1) is 14.8. The number of anilines is 1. The van der Waals surface area contributed by atoms with Crippen LogP contribution < -0.4 is 5.32 Å². The van der Waals surface area contributed by atoms with E-state index in [2.05, 4.69) is 15.3 Å². The topological polar surface area (TPSA) is 37.8 Å². The highest BCUT2D eigenvalue weighted by atomic mass is 32.1. The summed E-state index contributed by atoms with van der Waals surface area (Å²) in [4.78, 5) is 7.64. The second kappa shape index (κ2) is 5.92. The summed E-state index contributed by atoms with van der Waals surface area (Å²) in [6.07, 6.45) is -2.31. The van der Waals surface area contributed by atoms with Gasteiger partial charge >= 0.3 is 6.18 Å². The molecule has 0 radical (unpaired) electrons. The lowest BCUT2D eigenvalue weighted by Crippen LogP contribution is -2.06. The fraction of sp³-hybridized carbons (Fsp3) is 0.200. The highest BCUT2D eigenvalue weighted by Crippen LogP contribution is 2.38. The monoisotopic (exact) mass is 323 g/mol. The van der Waals surface area contributed by atoms with E-state index in [-0.39, 0.29) is 0 Å². The second-order valence-corrected chi connectivity index (χ2v) is 5.74. The third kappa shape index (κ3) is 3.19. The Morgan fingerprint density at radius 3 is 2.59 bits per heavy atom. The fourth-order valence-corrected chi connectivity index (χ4v) is 2.97. The number of fused-ring (bicyclic) bond motifs is 1. The number of nitrogens with zero attached hydrogens (tertiary/aromatic N) is 2. The lowest BCUT2D eigenvalue weighted by molar-refractivity contribution is -0.134. The fourth-order valence-electron chi connectivity index (χ4n) is 2.11. The Balaban J connectivity index is 1.77. The van der Waals surface area contributed by atoms with E-state index < -0.39 is 11.1 Å². The maximum Gasteiger partial charge on any atom is 0.425 e. The third-order valence-electron chi connectivity index (χ3n) is 3.16. The summed E-state index contributed by atoms with van der Waals surface area (Å²) in [5.74, 6) is 0.438. The zero-order valence-electron chi connectivity index (χ0n) is 11.4. The van der Waals surface area contributed by atoms with Crippen LogP contribution in [0.3, 0.4) is 0 Å². The highest BCUT2D eigenvalue weighted by molar-refractivity contribution is 7.18. The molecule has 2 heterocycles. The first-order valence-corrected chi connectivity index (χ1v) is 7.45. The van der Waals surface area contributed by atoms with E-state index in [0.29, 0.717) is 33.9 Å². The number of rotatable bonds is 4. The largest absolute Gasteiger partial charge is 0.425 e. The molecule has 0 fully saturated rings. The van der Waals surface area contributed by atoms with Crippen molar-refractivity contribution in [3.8, 4) is 0 Å². The molecule has 3 aromatic rings. The van der Waals surface area contributed by atoms with Crippen molar-refractivity contribution in [2.24, 2.45) is 0 Å². The molecule has 7 heteroatoms. The molecular weight excluding hydrogens is 311 g/mol. The zero-order valence-corrected chi connectivity index (χ0v) is 12.2. The number of thiophene rings is 1. The molecule has 22 heavy (non-hydrogen) atoms. The van der Waals surface area contributed by atoms with Gasteiger partial charge in [0.15, 0.2) is 0 Å². The predicted octanol–water partition coefficient (Wildman–Crippen LogP) is 4.36. The van der Waals surface area contributed by atoms with Crippen molar-refractivity contribution in [3.05, 3.63) is 53.2 Å². The van der Waals surface area contributed by atoms with Crippen molar-refractivity contribution in [2.45, 2.75) is 12.6 Å². The van der Waals surface area contributed by atoms with Crippen molar-refractivity contribution in [1.82, 2.24) is 9.97 Å². The van der Waals surface area contributed by atoms with Gasteiger partial charge in [-0.3, -0.25) is 0 Å². The zero-order chi connectivity index (χ0) is 15.6. The number of hydrogen-bond acceptors (Lipinski definition) is 4. The molecule has 0 saturated heterocycles. The quantitative estimate of drug-likeness (QED) is 0.775. The number of hydrogen-bond donors (Lipinski definition) is 1. The van der Waals surface area contributed by atoms with E-state index in [0.717, 1.165) is 18.1 Å². The number of benzene rings is 1. The summed E-state index contributed by atoms with van der Waals surface area (Å²) in [5, 5.41) is 3.50. The van der Waals surface area contributed by atoms with E-state index in [1.54, 1.807) is 0 Å². The molecule has 2 aromatic heterocycles.